The molecule has 0 bridgehead atoms. The van der Waals surface area contributed by atoms with Crippen molar-refractivity contribution in [2.24, 2.45) is 5.73 Å². The van der Waals surface area contributed by atoms with E-state index in [0.717, 1.165) is 91.5 Å². The van der Waals surface area contributed by atoms with Crippen LogP contribution in [0.25, 0.3) is 28.2 Å². The maximum atomic E-state index is 6.07. The molecular weight excluding hydrogens is 452 g/mol. The van der Waals surface area contributed by atoms with Crippen molar-refractivity contribution in [3.05, 3.63) is 54.6 Å². The molecule has 0 atom stereocenters. The second-order valence-corrected chi connectivity index (χ2v) is 9.78. The van der Waals surface area contributed by atoms with Crippen LogP contribution in [0.2, 0.25) is 0 Å². The van der Waals surface area contributed by atoms with Crippen LogP contribution in [0.3, 0.4) is 0 Å². The molecule has 9 heteroatoms. The minimum Gasteiger partial charge on any atom is -0.378 e. The summed E-state index contributed by atoms with van der Waals surface area (Å²) in [6.07, 6.45) is 12.0. The molecular formula is C27H32N8O. The van der Waals surface area contributed by atoms with Crippen LogP contribution in [-0.2, 0) is 4.74 Å². The van der Waals surface area contributed by atoms with Crippen LogP contribution >= 0.6 is 0 Å². The number of aryl methyl sites for hydroxylation is 1. The molecule has 0 aromatic carbocycles. The SMILES string of the molecule is Cc1cnc(NC2CCC(N)CC2)nc1-c1cnc2ccc(-c3ccc(N4CCOCC4)nc3)cn12. The van der Waals surface area contributed by atoms with E-state index >= 15 is 0 Å². The van der Waals surface area contributed by atoms with Crippen molar-refractivity contribution in [2.45, 2.75) is 44.7 Å². The van der Waals surface area contributed by atoms with E-state index in [4.69, 9.17) is 20.4 Å². The minimum atomic E-state index is 0.315. The number of morpholine rings is 1. The van der Waals surface area contributed by atoms with Crippen LogP contribution in [0.15, 0.2) is 49.1 Å². The third kappa shape index (κ3) is 4.64. The van der Waals surface area contributed by atoms with Gasteiger partial charge < -0.3 is 20.7 Å². The zero-order valence-electron chi connectivity index (χ0n) is 20.6. The molecule has 1 saturated heterocycles. The largest absolute Gasteiger partial charge is 0.378 e. The highest BCUT2D eigenvalue weighted by Gasteiger charge is 2.20. The Balaban J connectivity index is 1.28. The van der Waals surface area contributed by atoms with E-state index in [0.29, 0.717) is 18.0 Å². The molecule has 2 aliphatic rings. The Labute approximate surface area is 210 Å². The van der Waals surface area contributed by atoms with E-state index in [1.807, 2.05) is 31.6 Å². The van der Waals surface area contributed by atoms with Gasteiger partial charge >= 0.3 is 0 Å². The smallest absolute Gasteiger partial charge is 0.223 e. The molecule has 2 fully saturated rings. The average molecular weight is 485 g/mol. The number of rotatable bonds is 5. The van der Waals surface area contributed by atoms with Gasteiger partial charge in [0.05, 0.1) is 30.8 Å². The highest BCUT2D eigenvalue weighted by Crippen LogP contribution is 2.28. The molecule has 0 amide bonds. The Morgan fingerprint density at radius 2 is 1.72 bits per heavy atom. The van der Waals surface area contributed by atoms with Crippen LogP contribution in [-0.4, -0.2) is 62.7 Å². The predicted molar refractivity (Wildman–Crippen MR) is 141 cm³/mol. The number of nitrogens with zero attached hydrogens (tertiary/aromatic N) is 6. The van der Waals surface area contributed by atoms with Gasteiger partial charge in [-0.3, -0.25) is 4.40 Å². The van der Waals surface area contributed by atoms with Crippen molar-refractivity contribution < 1.29 is 4.74 Å². The third-order valence-electron chi connectivity index (χ3n) is 7.24. The first-order chi connectivity index (χ1) is 17.6. The molecule has 0 radical (unpaired) electrons. The first-order valence-corrected chi connectivity index (χ1v) is 12.8. The van der Waals surface area contributed by atoms with Crippen LogP contribution < -0.4 is 16.0 Å². The maximum absolute atomic E-state index is 6.07. The van der Waals surface area contributed by atoms with Gasteiger partial charge in [-0.25, -0.2) is 19.9 Å². The molecule has 186 valence electrons. The van der Waals surface area contributed by atoms with Gasteiger partial charge in [0.15, 0.2) is 0 Å². The zero-order chi connectivity index (χ0) is 24.5. The molecule has 3 N–H and O–H groups in total. The normalized spacial score (nSPS) is 20.6. The lowest BCUT2D eigenvalue weighted by molar-refractivity contribution is 0.122. The summed E-state index contributed by atoms with van der Waals surface area (Å²) < 4.78 is 7.56. The van der Waals surface area contributed by atoms with Crippen molar-refractivity contribution >= 4 is 17.4 Å². The third-order valence-corrected chi connectivity index (χ3v) is 7.24. The van der Waals surface area contributed by atoms with E-state index in [1.54, 1.807) is 0 Å². The van der Waals surface area contributed by atoms with Gasteiger partial charge in [-0.15, -0.1) is 0 Å². The van der Waals surface area contributed by atoms with Gasteiger partial charge in [-0.1, -0.05) is 0 Å². The Bertz CT molecular complexity index is 1340. The summed E-state index contributed by atoms with van der Waals surface area (Å²) in [7, 11) is 0. The number of aromatic nitrogens is 5. The highest BCUT2D eigenvalue weighted by atomic mass is 16.5. The lowest BCUT2D eigenvalue weighted by atomic mass is 9.92. The summed E-state index contributed by atoms with van der Waals surface area (Å²) in [6.45, 7) is 5.28. The minimum absolute atomic E-state index is 0.315. The van der Waals surface area contributed by atoms with Crippen LogP contribution in [0, 0.1) is 6.92 Å². The summed E-state index contributed by atoms with van der Waals surface area (Å²) in [6, 6.07) is 9.02. The highest BCUT2D eigenvalue weighted by molar-refractivity contribution is 5.69. The molecule has 4 aromatic heterocycles. The molecule has 4 aromatic rings. The lowest BCUT2D eigenvalue weighted by Crippen LogP contribution is -2.36. The topological polar surface area (TPSA) is 106 Å². The summed E-state index contributed by atoms with van der Waals surface area (Å²) in [5.41, 5.74) is 11.9. The van der Waals surface area contributed by atoms with Gasteiger partial charge in [0.25, 0.3) is 0 Å². The monoisotopic (exact) mass is 484 g/mol. The van der Waals surface area contributed by atoms with Crippen molar-refractivity contribution in [1.82, 2.24) is 24.3 Å². The fraction of sp³-hybridized carbons (Fsp3) is 0.407. The van der Waals surface area contributed by atoms with Crippen LogP contribution in [0.4, 0.5) is 11.8 Å². The quantitative estimate of drug-likeness (QED) is 0.442. The number of hydrogen-bond donors (Lipinski definition) is 2. The Kier molecular flexibility index (Phi) is 6.25. The zero-order valence-corrected chi connectivity index (χ0v) is 20.6. The summed E-state index contributed by atoms with van der Waals surface area (Å²) in [5.74, 6) is 1.65. The number of imidazole rings is 1. The van der Waals surface area contributed by atoms with Crippen molar-refractivity contribution in [3.8, 4) is 22.5 Å². The van der Waals surface area contributed by atoms with Crippen molar-refractivity contribution in [1.29, 1.82) is 0 Å². The standard InChI is InChI=1S/C27H32N8O/c1-18-14-31-27(32-22-6-4-21(28)5-7-22)33-26(18)23-16-30-25-9-3-20(17-35(23)25)19-2-8-24(29-15-19)34-10-12-36-13-11-34/h2-3,8-9,14-17,21-22H,4-7,10-13,28H2,1H3,(H,31,32,33). The van der Waals surface area contributed by atoms with E-state index < -0.39 is 0 Å². The molecule has 36 heavy (non-hydrogen) atoms. The first kappa shape index (κ1) is 22.9. The van der Waals surface area contributed by atoms with E-state index in [9.17, 15) is 0 Å². The van der Waals surface area contributed by atoms with Crippen LogP contribution in [0.1, 0.15) is 31.2 Å². The fourth-order valence-electron chi connectivity index (χ4n) is 5.08. The van der Waals surface area contributed by atoms with Gasteiger partial charge in [0.2, 0.25) is 5.95 Å². The molecule has 6 rings (SSSR count). The fourth-order valence-corrected chi connectivity index (χ4v) is 5.08. The Hall–Kier alpha value is -3.56. The van der Waals surface area contributed by atoms with E-state index in [-0.39, 0.29) is 0 Å². The first-order valence-electron chi connectivity index (χ1n) is 12.8. The van der Waals surface area contributed by atoms with Crippen molar-refractivity contribution in [2.75, 3.05) is 36.5 Å². The summed E-state index contributed by atoms with van der Waals surface area (Å²) in [4.78, 5) is 21.1. The summed E-state index contributed by atoms with van der Waals surface area (Å²) in [5, 5.41) is 3.52. The number of nitrogens with one attached hydrogen (secondary N) is 1. The van der Waals surface area contributed by atoms with E-state index in [1.165, 1.54) is 0 Å². The van der Waals surface area contributed by atoms with Gasteiger partial charge in [0.1, 0.15) is 11.5 Å². The average Bonchev–Trinajstić information content (AvgIpc) is 3.35. The van der Waals surface area contributed by atoms with Gasteiger partial charge in [-0.05, 0) is 62.4 Å². The Morgan fingerprint density at radius 1 is 0.917 bits per heavy atom. The molecule has 0 unspecified atom stereocenters. The second-order valence-electron chi connectivity index (χ2n) is 9.78. The number of fused-ring (bicyclic) bond motifs is 1. The van der Waals surface area contributed by atoms with Gasteiger partial charge in [-0.2, -0.15) is 0 Å². The van der Waals surface area contributed by atoms with E-state index in [2.05, 4.69) is 49.0 Å². The number of anilines is 2. The molecule has 9 nitrogen and oxygen atoms in total. The van der Waals surface area contributed by atoms with Crippen LogP contribution in [0.5, 0.6) is 0 Å². The number of nitrogens with two attached hydrogens (primary N) is 1. The molecule has 5 heterocycles. The maximum Gasteiger partial charge on any atom is 0.223 e. The molecule has 1 aliphatic heterocycles. The van der Waals surface area contributed by atoms with Gasteiger partial charge in [0, 0.05) is 54.9 Å². The predicted octanol–water partition coefficient (Wildman–Crippen LogP) is 3.68. The lowest BCUT2D eigenvalue weighted by Gasteiger charge is -2.27. The number of pyridine rings is 2. The molecule has 1 aliphatic carbocycles. The molecule has 1 saturated carbocycles. The molecule has 0 spiro atoms. The number of hydrogen-bond acceptors (Lipinski definition) is 8. The van der Waals surface area contributed by atoms with Crippen molar-refractivity contribution in [3.63, 3.8) is 0 Å². The Morgan fingerprint density at radius 3 is 2.50 bits per heavy atom. The second kappa shape index (κ2) is 9.83. The number of ether oxygens (including phenoxy) is 1. The summed E-state index contributed by atoms with van der Waals surface area (Å²) >= 11 is 0.